The topological polar surface area (TPSA) is 66.1 Å². The molecule has 3 atom stereocenters. The van der Waals surface area contributed by atoms with Gasteiger partial charge in [0, 0.05) is 37.3 Å². The molecule has 3 heterocycles. The highest BCUT2D eigenvalue weighted by molar-refractivity contribution is 6.09. The largest absolute Gasteiger partial charge is 0.343 e. The summed E-state index contributed by atoms with van der Waals surface area (Å²) < 4.78 is 2.01. The molecule has 1 aromatic heterocycles. The van der Waals surface area contributed by atoms with Gasteiger partial charge in [-0.2, -0.15) is 0 Å². The van der Waals surface area contributed by atoms with Crippen molar-refractivity contribution in [3.63, 3.8) is 0 Å². The van der Waals surface area contributed by atoms with Gasteiger partial charge in [-0.25, -0.2) is 15.0 Å². The summed E-state index contributed by atoms with van der Waals surface area (Å²) >= 11 is 0. The third-order valence-corrected chi connectivity index (χ3v) is 6.33. The van der Waals surface area contributed by atoms with Gasteiger partial charge in [0.05, 0.1) is 0 Å². The number of carbonyl (C=O) groups is 1. The Balaban J connectivity index is 1.55. The second kappa shape index (κ2) is 7.13. The lowest BCUT2D eigenvalue weighted by Gasteiger charge is -2.51. The SMILES string of the molecule is CCC1C(=O)N(C)C2C=N[C@H](n3ccnc3-c3ccccc3)N=C2N1C1CCC1. The van der Waals surface area contributed by atoms with Crippen molar-refractivity contribution in [3.8, 4) is 11.4 Å². The van der Waals surface area contributed by atoms with Crippen LogP contribution in [0.3, 0.4) is 0 Å². The number of amidine groups is 1. The average molecular weight is 390 g/mol. The van der Waals surface area contributed by atoms with E-state index in [0.717, 1.165) is 36.5 Å². The molecule has 1 aliphatic carbocycles. The molecular formula is C22H26N6O. The molecule has 0 spiro atoms. The highest BCUT2D eigenvalue weighted by atomic mass is 16.2. The maximum atomic E-state index is 13.0. The number of nitrogens with zero attached hydrogens (tertiary/aromatic N) is 6. The lowest BCUT2D eigenvalue weighted by molar-refractivity contribution is -0.138. The number of benzene rings is 1. The zero-order chi connectivity index (χ0) is 20.0. The van der Waals surface area contributed by atoms with Crippen molar-refractivity contribution in [2.75, 3.05) is 7.05 Å². The summed E-state index contributed by atoms with van der Waals surface area (Å²) in [6.45, 7) is 2.08. The van der Waals surface area contributed by atoms with E-state index >= 15 is 0 Å². The quantitative estimate of drug-likeness (QED) is 0.806. The van der Waals surface area contributed by atoms with Crippen LogP contribution in [0.5, 0.6) is 0 Å². The highest BCUT2D eigenvalue weighted by Gasteiger charge is 2.46. The van der Waals surface area contributed by atoms with Crippen LogP contribution in [0.15, 0.2) is 52.7 Å². The Hall–Kier alpha value is -2.96. The van der Waals surface area contributed by atoms with Gasteiger partial charge in [-0.3, -0.25) is 9.36 Å². The summed E-state index contributed by atoms with van der Waals surface area (Å²) in [5.74, 6) is 1.98. The van der Waals surface area contributed by atoms with Crippen LogP contribution in [-0.4, -0.2) is 62.5 Å². The first-order valence-corrected chi connectivity index (χ1v) is 10.4. The third kappa shape index (κ3) is 2.87. The van der Waals surface area contributed by atoms with Crippen LogP contribution in [-0.2, 0) is 4.79 Å². The number of imidazole rings is 1. The number of amides is 1. The second-order valence-electron chi connectivity index (χ2n) is 7.97. The van der Waals surface area contributed by atoms with Crippen LogP contribution >= 0.6 is 0 Å². The van der Waals surface area contributed by atoms with Crippen LogP contribution in [0.4, 0.5) is 0 Å². The van der Waals surface area contributed by atoms with Crippen molar-refractivity contribution in [3.05, 3.63) is 42.7 Å². The Labute approximate surface area is 170 Å². The van der Waals surface area contributed by atoms with Crippen molar-refractivity contribution < 1.29 is 4.79 Å². The van der Waals surface area contributed by atoms with E-state index < -0.39 is 6.29 Å². The summed E-state index contributed by atoms with van der Waals surface area (Å²) in [5.41, 5.74) is 1.04. The minimum Gasteiger partial charge on any atom is -0.343 e. The maximum Gasteiger partial charge on any atom is 0.245 e. The summed E-state index contributed by atoms with van der Waals surface area (Å²) in [4.78, 5) is 31.4. The Morgan fingerprint density at radius 3 is 2.66 bits per heavy atom. The molecule has 5 rings (SSSR count). The van der Waals surface area contributed by atoms with Gasteiger partial charge in [-0.05, 0) is 25.7 Å². The number of likely N-dealkylation sites (N-methyl/N-ethyl adjacent to an activating group) is 1. The minimum absolute atomic E-state index is 0.135. The molecule has 1 saturated heterocycles. The molecule has 0 N–H and O–H groups in total. The van der Waals surface area contributed by atoms with Crippen molar-refractivity contribution >= 4 is 18.0 Å². The van der Waals surface area contributed by atoms with Gasteiger partial charge in [0.25, 0.3) is 0 Å². The van der Waals surface area contributed by atoms with Crippen LogP contribution in [0.2, 0.25) is 0 Å². The molecule has 2 fully saturated rings. The van der Waals surface area contributed by atoms with Crippen molar-refractivity contribution in [1.29, 1.82) is 0 Å². The fourth-order valence-corrected chi connectivity index (χ4v) is 4.52. The molecule has 2 aliphatic heterocycles. The average Bonchev–Trinajstić information content (AvgIpc) is 3.21. The molecule has 7 nitrogen and oxygen atoms in total. The Kier molecular flexibility index (Phi) is 4.45. The van der Waals surface area contributed by atoms with Gasteiger partial charge in [0.15, 0.2) is 0 Å². The van der Waals surface area contributed by atoms with E-state index in [1.54, 1.807) is 11.1 Å². The lowest BCUT2D eigenvalue weighted by Crippen LogP contribution is -2.67. The molecule has 2 unspecified atom stereocenters. The van der Waals surface area contributed by atoms with Gasteiger partial charge in [0.2, 0.25) is 12.2 Å². The minimum atomic E-state index is -0.402. The molecule has 1 amide bonds. The molecule has 1 aromatic carbocycles. The third-order valence-electron chi connectivity index (χ3n) is 6.33. The smallest absolute Gasteiger partial charge is 0.245 e. The van der Waals surface area contributed by atoms with Crippen molar-refractivity contribution in [1.82, 2.24) is 19.4 Å². The number of aromatic nitrogens is 2. The summed E-state index contributed by atoms with van der Waals surface area (Å²) in [5, 5.41) is 0. The first-order chi connectivity index (χ1) is 14.2. The molecular weight excluding hydrogens is 364 g/mol. The summed E-state index contributed by atoms with van der Waals surface area (Å²) in [6.07, 6.45) is 9.46. The molecule has 29 heavy (non-hydrogen) atoms. The van der Waals surface area contributed by atoms with Crippen LogP contribution in [0.25, 0.3) is 11.4 Å². The van der Waals surface area contributed by atoms with Gasteiger partial charge in [0.1, 0.15) is 23.7 Å². The second-order valence-corrected chi connectivity index (χ2v) is 7.97. The van der Waals surface area contributed by atoms with E-state index in [1.165, 1.54) is 6.42 Å². The van der Waals surface area contributed by atoms with E-state index in [-0.39, 0.29) is 18.0 Å². The normalized spacial score (nSPS) is 26.9. The molecule has 0 bridgehead atoms. The zero-order valence-corrected chi connectivity index (χ0v) is 16.8. The zero-order valence-electron chi connectivity index (χ0n) is 16.8. The van der Waals surface area contributed by atoms with Crippen molar-refractivity contribution in [2.24, 2.45) is 9.98 Å². The first kappa shape index (κ1) is 18.1. The van der Waals surface area contributed by atoms with Crippen LogP contribution in [0.1, 0.15) is 38.9 Å². The van der Waals surface area contributed by atoms with Gasteiger partial charge >= 0.3 is 0 Å². The van der Waals surface area contributed by atoms with E-state index in [9.17, 15) is 4.79 Å². The van der Waals surface area contributed by atoms with Gasteiger partial charge < -0.3 is 9.80 Å². The van der Waals surface area contributed by atoms with E-state index in [2.05, 4.69) is 16.8 Å². The Bertz CT molecular complexity index is 961. The van der Waals surface area contributed by atoms with Crippen LogP contribution in [0, 0.1) is 0 Å². The van der Waals surface area contributed by atoms with Crippen molar-refractivity contribution in [2.45, 2.75) is 57.0 Å². The number of aliphatic imine (C=N–C) groups is 2. The van der Waals surface area contributed by atoms with Crippen LogP contribution < -0.4 is 0 Å². The molecule has 3 aliphatic rings. The fraction of sp³-hybridized carbons (Fsp3) is 0.455. The highest BCUT2D eigenvalue weighted by Crippen LogP contribution is 2.34. The monoisotopic (exact) mass is 390 g/mol. The number of hydrogen-bond donors (Lipinski definition) is 0. The Morgan fingerprint density at radius 2 is 1.97 bits per heavy atom. The van der Waals surface area contributed by atoms with Gasteiger partial charge in [-0.15, -0.1) is 0 Å². The summed E-state index contributed by atoms with van der Waals surface area (Å²) in [7, 11) is 1.86. The first-order valence-electron chi connectivity index (χ1n) is 10.4. The van der Waals surface area contributed by atoms with E-state index in [1.807, 2.05) is 54.4 Å². The molecule has 7 heteroatoms. The number of hydrogen-bond acceptors (Lipinski definition) is 5. The van der Waals surface area contributed by atoms with Gasteiger partial charge in [-0.1, -0.05) is 37.3 Å². The molecule has 2 aromatic rings. The number of rotatable bonds is 4. The molecule has 1 saturated carbocycles. The summed E-state index contributed by atoms with van der Waals surface area (Å²) in [6, 6.07) is 10.2. The van der Waals surface area contributed by atoms with E-state index in [4.69, 9.17) is 9.98 Å². The number of piperazine rings is 1. The predicted octanol–water partition coefficient (Wildman–Crippen LogP) is 2.96. The maximum absolute atomic E-state index is 13.0. The Morgan fingerprint density at radius 1 is 1.17 bits per heavy atom. The van der Waals surface area contributed by atoms with E-state index in [0.29, 0.717) is 6.04 Å². The predicted molar refractivity (Wildman–Crippen MR) is 113 cm³/mol. The molecule has 150 valence electrons. The standard InChI is InChI=1S/C22H26N6O/c1-3-17-21(29)26(2)18-14-24-22(25-20(18)28(17)16-10-7-11-16)27-13-12-23-19(27)15-8-5-4-6-9-15/h4-6,8-9,12-14,16-18,22H,3,7,10-11H2,1-2H3/t17?,18?,22-/m0/s1. The number of carbonyl (C=O) groups excluding carboxylic acids is 1. The lowest BCUT2D eigenvalue weighted by atomic mass is 9.87. The fourth-order valence-electron chi connectivity index (χ4n) is 4.52. The number of fused-ring (bicyclic) bond motifs is 1. The molecule has 0 radical (unpaired) electrons.